The van der Waals surface area contributed by atoms with Gasteiger partial charge in [-0.15, -0.1) is 0 Å². The first kappa shape index (κ1) is 10.8. The Hall–Kier alpha value is -1.30. The third kappa shape index (κ3) is 2.88. The van der Waals surface area contributed by atoms with Crippen molar-refractivity contribution >= 4 is 0 Å². The topological polar surface area (TPSA) is 0 Å². The molecule has 0 saturated carbocycles. The second kappa shape index (κ2) is 5.43. The van der Waals surface area contributed by atoms with Gasteiger partial charge in [-0.25, -0.2) is 0 Å². The Morgan fingerprint density at radius 3 is 2.71 bits per heavy atom. The minimum Gasteiger partial charge on any atom is -0.0991 e. The first-order chi connectivity index (χ1) is 6.77. The zero-order valence-corrected chi connectivity index (χ0v) is 9.09. The molecular weight excluding hydrogens is 168 g/mol. The zero-order valence-electron chi connectivity index (χ0n) is 9.09. The first-order valence-corrected chi connectivity index (χ1v) is 5.10. The van der Waals surface area contributed by atoms with Crippen molar-refractivity contribution in [3.63, 3.8) is 0 Å². The maximum Gasteiger partial charge on any atom is -0.0225 e. The Morgan fingerprint density at radius 1 is 1.29 bits per heavy atom. The van der Waals surface area contributed by atoms with E-state index in [0.717, 1.165) is 6.42 Å². The average Bonchev–Trinajstić information content (AvgIpc) is 2.18. The van der Waals surface area contributed by atoms with E-state index in [1.165, 1.54) is 23.1 Å². The number of allylic oxidation sites excluding steroid dienone is 9. The SMILES string of the molecule is C=C/C=C1/CCC(C)=C/C1=C/C=C\C. The lowest BCUT2D eigenvalue weighted by Crippen LogP contribution is -1.96. The second-order valence-corrected chi connectivity index (χ2v) is 3.57. The van der Waals surface area contributed by atoms with Crippen LogP contribution in [0.2, 0.25) is 0 Å². The van der Waals surface area contributed by atoms with E-state index in [4.69, 9.17) is 0 Å². The van der Waals surface area contributed by atoms with Gasteiger partial charge < -0.3 is 0 Å². The van der Waals surface area contributed by atoms with Crippen LogP contribution in [-0.4, -0.2) is 0 Å². The summed E-state index contributed by atoms with van der Waals surface area (Å²) in [5.74, 6) is 0. The molecule has 1 aliphatic carbocycles. The van der Waals surface area contributed by atoms with E-state index in [1.54, 1.807) is 0 Å². The lowest BCUT2D eigenvalue weighted by molar-refractivity contribution is 0.907. The Balaban J connectivity index is 2.99. The molecule has 0 bridgehead atoms. The second-order valence-electron chi connectivity index (χ2n) is 3.57. The Bertz CT molecular complexity index is 322. The molecule has 0 amide bonds. The number of hydrogen-bond acceptors (Lipinski definition) is 0. The van der Waals surface area contributed by atoms with Crippen LogP contribution in [0.15, 0.2) is 59.8 Å². The van der Waals surface area contributed by atoms with Crippen LogP contribution in [0.25, 0.3) is 0 Å². The molecule has 0 nitrogen and oxygen atoms in total. The van der Waals surface area contributed by atoms with Gasteiger partial charge in [0.05, 0.1) is 0 Å². The van der Waals surface area contributed by atoms with Crippen LogP contribution in [0.4, 0.5) is 0 Å². The fraction of sp³-hybridized carbons (Fsp3) is 0.286. The van der Waals surface area contributed by atoms with Crippen LogP contribution in [0.5, 0.6) is 0 Å². The van der Waals surface area contributed by atoms with E-state index in [2.05, 4.69) is 43.9 Å². The summed E-state index contributed by atoms with van der Waals surface area (Å²) in [5.41, 5.74) is 4.18. The minimum atomic E-state index is 1.14. The van der Waals surface area contributed by atoms with Gasteiger partial charge in [-0.05, 0) is 37.8 Å². The fourth-order valence-corrected chi connectivity index (χ4v) is 1.58. The van der Waals surface area contributed by atoms with E-state index >= 15 is 0 Å². The standard InChI is InChI=1S/C14H18/c1-4-6-8-14-11-12(3)9-10-13(14)7-5-2/h4-8,11H,2,9-10H2,1,3H3/b6-4-,13-7-,14-8-. The van der Waals surface area contributed by atoms with Crippen molar-refractivity contribution in [2.75, 3.05) is 0 Å². The van der Waals surface area contributed by atoms with Gasteiger partial charge in [-0.3, -0.25) is 0 Å². The maximum atomic E-state index is 3.75. The lowest BCUT2D eigenvalue weighted by atomic mass is 9.90. The molecule has 0 heteroatoms. The minimum absolute atomic E-state index is 1.14. The highest BCUT2D eigenvalue weighted by Crippen LogP contribution is 2.27. The van der Waals surface area contributed by atoms with E-state index in [9.17, 15) is 0 Å². The largest absolute Gasteiger partial charge is 0.0991 e. The summed E-state index contributed by atoms with van der Waals surface area (Å²) in [5, 5.41) is 0. The molecule has 1 rings (SSSR count). The summed E-state index contributed by atoms with van der Waals surface area (Å²) >= 11 is 0. The Morgan fingerprint density at radius 2 is 2.07 bits per heavy atom. The van der Waals surface area contributed by atoms with Crippen molar-refractivity contribution < 1.29 is 0 Å². The highest BCUT2D eigenvalue weighted by molar-refractivity contribution is 5.47. The highest BCUT2D eigenvalue weighted by Gasteiger charge is 2.08. The van der Waals surface area contributed by atoms with E-state index in [0.29, 0.717) is 0 Å². The summed E-state index contributed by atoms with van der Waals surface area (Å²) in [6.07, 6.45) is 14.9. The molecule has 0 aromatic carbocycles. The molecule has 0 radical (unpaired) electrons. The fourth-order valence-electron chi connectivity index (χ4n) is 1.58. The molecule has 0 N–H and O–H groups in total. The van der Waals surface area contributed by atoms with Crippen molar-refractivity contribution in [3.8, 4) is 0 Å². The summed E-state index contributed by atoms with van der Waals surface area (Å²) in [7, 11) is 0. The van der Waals surface area contributed by atoms with Crippen molar-refractivity contribution in [3.05, 3.63) is 59.8 Å². The monoisotopic (exact) mass is 186 g/mol. The van der Waals surface area contributed by atoms with Crippen molar-refractivity contribution in [2.45, 2.75) is 26.7 Å². The van der Waals surface area contributed by atoms with Crippen LogP contribution in [-0.2, 0) is 0 Å². The maximum absolute atomic E-state index is 3.75. The summed E-state index contributed by atoms with van der Waals surface area (Å²) in [6.45, 7) is 7.97. The molecule has 0 heterocycles. The average molecular weight is 186 g/mol. The molecule has 0 aromatic rings. The summed E-state index contributed by atoms with van der Waals surface area (Å²) in [6, 6.07) is 0. The van der Waals surface area contributed by atoms with Gasteiger partial charge in [0.25, 0.3) is 0 Å². The Labute approximate surface area is 87.0 Å². The third-order valence-electron chi connectivity index (χ3n) is 2.35. The molecule has 1 aliphatic rings. The predicted molar refractivity (Wildman–Crippen MR) is 64.2 cm³/mol. The normalized spacial score (nSPS) is 23.1. The number of rotatable bonds is 2. The Kier molecular flexibility index (Phi) is 4.18. The van der Waals surface area contributed by atoms with Crippen molar-refractivity contribution in [1.29, 1.82) is 0 Å². The van der Waals surface area contributed by atoms with Crippen molar-refractivity contribution in [2.24, 2.45) is 0 Å². The van der Waals surface area contributed by atoms with Crippen LogP contribution in [0, 0.1) is 0 Å². The molecule has 0 unspecified atom stereocenters. The van der Waals surface area contributed by atoms with E-state index in [-0.39, 0.29) is 0 Å². The summed E-state index contributed by atoms with van der Waals surface area (Å²) in [4.78, 5) is 0. The summed E-state index contributed by atoms with van der Waals surface area (Å²) < 4.78 is 0. The van der Waals surface area contributed by atoms with Crippen LogP contribution < -0.4 is 0 Å². The predicted octanol–water partition coefficient (Wildman–Crippen LogP) is 4.34. The molecule has 0 atom stereocenters. The molecule has 0 spiro atoms. The van der Waals surface area contributed by atoms with Gasteiger partial charge in [-0.1, -0.05) is 48.6 Å². The highest BCUT2D eigenvalue weighted by atomic mass is 14.1. The molecule has 0 saturated heterocycles. The van der Waals surface area contributed by atoms with Crippen LogP contribution >= 0.6 is 0 Å². The molecule has 74 valence electrons. The molecule has 0 aromatic heterocycles. The zero-order chi connectivity index (χ0) is 10.4. The molecule has 0 aliphatic heterocycles. The molecular formula is C14H18. The van der Waals surface area contributed by atoms with Gasteiger partial charge in [0, 0.05) is 0 Å². The van der Waals surface area contributed by atoms with Crippen LogP contribution in [0.3, 0.4) is 0 Å². The van der Waals surface area contributed by atoms with Gasteiger partial charge in [0.15, 0.2) is 0 Å². The quantitative estimate of drug-likeness (QED) is 0.601. The third-order valence-corrected chi connectivity index (χ3v) is 2.35. The van der Waals surface area contributed by atoms with Gasteiger partial charge in [0.2, 0.25) is 0 Å². The van der Waals surface area contributed by atoms with Crippen LogP contribution in [0.1, 0.15) is 26.7 Å². The van der Waals surface area contributed by atoms with Gasteiger partial charge >= 0.3 is 0 Å². The van der Waals surface area contributed by atoms with Gasteiger partial charge in [-0.2, -0.15) is 0 Å². The lowest BCUT2D eigenvalue weighted by Gasteiger charge is -2.15. The smallest absolute Gasteiger partial charge is 0.0225 e. The number of hydrogen-bond donors (Lipinski definition) is 0. The molecule has 14 heavy (non-hydrogen) atoms. The molecule has 0 fully saturated rings. The van der Waals surface area contributed by atoms with Gasteiger partial charge in [0.1, 0.15) is 0 Å². The first-order valence-electron chi connectivity index (χ1n) is 5.10. The van der Waals surface area contributed by atoms with Crippen molar-refractivity contribution in [1.82, 2.24) is 0 Å². The van der Waals surface area contributed by atoms with E-state index in [1.807, 2.05) is 13.0 Å². The van der Waals surface area contributed by atoms with E-state index < -0.39 is 0 Å².